The molecule has 0 saturated carbocycles. The minimum absolute atomic E-state index is 0.156. The predicted octanol–water partition coefficient (Wildman–Crippen LogP) is 4.50. The van der Waals surface area contributed by atoms with Crippen LogP contribution in [0.3, 0.4) is 0 Å². The molecule has 5 nitrogen and oxygen atoms in total. The molecule has 27 heavy (non-hydrogen) atoms. The third-order valence-corrected chi connectivity index (χ3v) is 4.11. The van der Waals surface area contributed by atoms with Crippen molar-refractivity contribution in [3.05, 3.63) is 83.6 Å². The highest BCUT2D eigenvalue weighted by Crippen LogP contribution is 2.22. The molecule has 6 heteroatoms. The average molecular weight is 369 g/mol. The number of methoxy groups -OCH3 is 1. The lowest BCUT2D eigenvalue weighted by Gasteiger charge is -2.15. The molecule has 140 valence electrons. The summed E-state index contributed by atoms with van der Waals surface area (Å²) >= 11 is 0. The smallest absolute Gasteiger partial charge is 0.287 e. The lowest BCUT2D eigenvalue weighted by Crippen LogP contribution is -2.27. The Morgan fingerprint density at radius 2 is 1.96 bits per heavy atom. The molecule has 1 heterocycles. The standard InChI is InChI=1S/C21H20FNO4/c1-14(15-8-9-19(25-2)18(22)12-15)23-21(24)20-16(10-11-26-20)13-27-17-6-4-3-5-7-17/h3-12,14H,13H2,1-2H3,(H,23,24)/t14-/m0/s1. The number of para-hydroxylation sites is 1. The van der Waals surface area contributed by atoms with Crippen molar-refractivity contribution in [3.63, 3.8) is 0 Å². The Morgan fingerprint density at radius 3 is 2.67 bits per heavy atom. The highest BCUT2D eigenvalue weighted by molar-refractivity contribution is 5.93. The number of furan rings is 1. The minimum atomic E-state index is -0.481. The van der Waals surface area contributed by atoms with Crippen LogP contribution in [0.1, 0.15) is 34.6 Å². The van der Waals surface area contributed by atoms with Gasteiger partial charge in [0.05, 0.1) is 19.4 Å². The molecular weight excluding hydrogens is 349 g/mol. The van der Waals surface area contributed by atoms with Gasteiger partial charge >= 0.3 is 0 Å². The van der Waals surface area contributed by atoms with E-state index in [9.17, 15) is 9.18 Å². The number of nitrogens with one attached hydrogen (secondary N) is 1. The zero-order chi connectivity index (χ0) is 19.2. The highest BCUT2D eigenvalue weighted by Gasteiger charge is 2.19. The number of carbonyl (C=O) groups is 1. The first-order valence-electron chi connectivity index (χ1n) is 8.47. The lowest BCUT2D eigenvalue weighted by molar-refractivity contribution is 0.0908. The van der Waals surface area contributed by atoms with Gasteiger partial charge in [-0.3, -0.25) is 4.79 Å². The van der Waals surface area contributed by atoms with Crippen LogP contribution in [-0.2, 0) is 6.61 Å². The van der Waals surface area contributed by atoms with Crippen LogP contribution in [0.2, 0.25) is 0 Å². The summed E-state index contributed by atoms with van der Waals surface area (Å²) in [5.74, 6) is 0.156. The molecule has 1 aromatic heterocycles. The van der Waals surface area contributed by atoms with Crippen molar-refractivity contribution in [1.29, 1.82) is 0 Å². The molecule has 0 unspecified atom stereocenters. The maximum atomic E-state index is 13.9. The van der Waals surface area contributed by atoms with Crippen LogP contribution < -0.4 is 14.8 Å². The Hall–Kier alpha value is -3.28. The van der Waals surface area contributed by atoms with E-state index in [1.54, 1.807) is 19.1 Å². The van der Waals surface area contributed by atoms with Crippen molar-refractivity contribution >= 4 is 5.91 Å². The molecule has 1 amide bonds. The largest absolute Gasteiger partial charge is 0.494 e. The molecule has 0 aliphatic rings. The maximum Gasteiger partial charge on any atom is 0.287 e. The zero-order valence-corrected chi connectivity index (χ0v) is 15.1. The summed E-state index contributed by atoms with van der Waals surface area (Å²) in [6.45, 7) is 1.97. The lowest BCUT2D eigenvalue weighted by atomic mass is 10.1. The van der Waals surface area contributed by atoms with E-state index in [2.05, 4.69) is 5.32 Å². The number of ether oxygens (including phenoxy) is 2. The van der Waals surface area contributed by atoms with Crippen molar-refractivity contribution in [3.8, 4) is 11.5 Å². The number of rotatable bonds is 7. The summed E-state index contributed by atoms with van der Waals surface area (Å²) in [7, 11) is 1.40. The monoisotopic (exact) mass is 369 g/mol. The van der Waals surface area contributed by atoms with E-state index in [1.807, 2.05) is 30.3 Å². The van der Waals surface area contributed by atoms with Crippen molar-refractivity contribution in [2.24, 2.45) is 0 Å². The number of amides is 1. The molecule has 0 aliphatic heterocycles. The number of hydrogen-bond donors (Lipinski definition) is 1. The van der Waals surface area contributed by atoms with Crippen LogP contribution in [0.4, 0.5) is 4.39 Å². The SMILES string of the molecule is COc1ccc([C@H](C)NC(=O)c2occc2COc2ccccc2)cc1F. The van der Waals surface area contributed by atoms with Crippen molar-refractivity contribution < 1.29 is 23.1 Å². The summed E-state index contributed by atoms with van der Waals surface area (Å²) in [6.07, 6.45) is 1.44. The number of halogens is 1. The second-order valence-corrected chi connectivity index (χ2v) is 5.97. The number of benzene rings is 2. The second-order valence-electron chi connectivity index (χ2n) is 5.97. The quantitative estimate of drug-likeness (QED) is 0.666. The minimum Gasteiger partial charge on any atom is -0.494 e. The second kappa shape index (κ2) is 8.40. The van der Waals surface area contributed by atoms with E-state index in [-0.39, 0.29) is 18.1 Å². The van der Waals surface area contributed by atoms with E-state index in [4.69, 9.17) is 13.9 Å². The summed E-state index contributed by atoms with van der Waals surface area (Å²) in [4.78, 5) is 12.6. The fraction of sp³-hybridized carbons (Fsp3) is 0.190. The summed E-state index contributed by atoms with van der Waals surface area (Å²) in [5.41, 5.74) is 1.25. The summed E-state index contributed by atoms with van der Waals surface area (Å²) in [5, 5.41) is 2.81. The third kappa shape index (κ3) is 4.47. The van der Waals surface area contributed by atoms with E-state index >= 15 is 0 Å². The molecule has 0 radical (unpaired) electrons. The van der Waals surface area contributed by atoms with Crippen LogP contribution in [0.15, 0.2) is 65.3 Å². The van der Waals surface area contributed by atoms with Gasteiger partial charge in [0.25, 0.3) is 5.91 Å². The Morgan fingerprint density at radius 1 is 1.19 bits per heavy atom. The first-order chi connectivity index (χ1) is 13.1. The van der Waals surface area contributed by atoms with Gasteiger partial charge in [-0.25, -0.2) is 4.39 Å². The number of hydrogen-bond acceptors (Lipinski definition) is 4. The fourth-order valence-corrected chi connectivity index (χ4v) is 2.62. The molecule has 0 fully saturated rings. The molecule has 1 atom stereocenters. The topological polar surface area (TPSA) is 60.7 Å². The van der Waals surface area contributed by atoms with Gasteiger partial charge < -0.3 is 19.2 Å². The van der Waals surface area contributed by atoms with Gasteiger partial charge in [0.1, 0.15) is 12.4 Å². The van der Waals surface area contributed by atoms with E-state index in [1.165, 1.54) is 25.5 Å². The van der Waals surface area contributed by atoms with Crippen LogP contribution in [0.25, 0.3) is 0 Å². The Labute approximate surface area is 156 Å². The molecule has 0 aliphatic carbocycles. The highest BCUT2D eigenvalue weighted by atomic mass is 19.1. The van der Waals surface area contributed by atoms with Crippen LogP contribution >= 0.6 is 0 Å². The molecular formula is C21H20FNO4. The van der Waals surface area contributed by atoms with Gasteiger partial charge in [-0.2, -0.15) is 0 Å². The van der Waals surface area contributed by atoms with E-state index < -0.39 is 17.8 Å². The normalized spacial score (nSPS) is 11.7. The average Bonchev–Trinajstić information content (AvgIpc) is 3.16. The van der Waals surface area contributed by atoms with Crippen molar-refractivity contribution in [1.82, 2.24) is 5.32 Å². The van der Waals surface area contributed by atoms with Gasteiger partial charge in [0.2, 0.25) is 0 Å². The Kier molecular flexibility index (Phi) is 5.76. The molecule has 3 rings (SSSR count). The van der Waals surface area contributed by atoms with Gasteiger partial charge in [0, 0.05) is 5.56 Å². The van der Waals surface area contributed by atoms with Crippen LogP contribution in [-0.4, -0.2) is 13.0 Å². The molecule has 0 saturated heterocycles. The van der Waals surface area contributed by atoms with Gasteiger partial charge in [-0.1, -0.05) is 24.3 Å². The van der Waals surface area contributed by atoms with Gasteiger partial charge in [-0.15, -0.1) is 0 Å². The fourth-order valence-electron chi connectivity index (χ4n) is 2.62. The maximum absolute atomic E-state index is 13.9. The van der Waals surface area contributed by atoms with Crippen LogP contribution in [0.5, 0.6) is 11.5 Å². The Bertz CT molecular complexity index is 908. The van der Waals surface area contributed by atoms with Crippen molar-refractivity contribution in [2.45, 2.75) is 19.6 Å². The van der Waals surface area contributed by atoms with Crippen LogP contribution in [0, 0.1) is 5.82 Å². The molecule has 0 spiro atoms. The van der Waals surface area contributed by atoms with Gasteiger partial charge in [0.15, 0.2) is 17.3 Å². The zero-order valence-electron chi connectivity index (χ0n) is 15.1. The first kappa shape index (κ1) is 18.5. The molecule has 3 aromatic rings. The molecule has 0 bridgehead atoms. The van der Waals surface area contributed by atoms with E-state index in [0.717, 1.165) is 0 Å². The predicted molar refractivity (Wildman–Crippen MR) is 98.3 cm³/mol. The molecule has 2 aromatic carbocycles. The Balaban J connectivity index is 1.66. The third-order valence-electron chi connectivity index (χ3n) is 4.11. The molecule has 1 N–H and O–H groups in total. The first-order valence-corrected chi connectivity index (χ1v) is 8.47. The van der Waals surface area contributed by atoms with Crippen molar-refractivity contribution in [2.75, 3.05) is 7.11 Å². The summed E-state index contributed by atoms with van der Waals surface area (Å²) < 4.78 is 29.8. The number of carbonyl (C=O) groups excluding carboxylic acids is 1. The van der Waals surface area contributed by atoms with E-state index in [0.29, 0.717) is 16.9 Å². The van der Waals surface area contributed by atoms with Gasteiger partial charge in [-0.05, 0) is 42.8 Å². The summed E-state index contributed by atoms with van der Waals surface area (Å²) in [6, 6.07) is 15.1.